The SMILES string of the molecule is CCOc1ccc(CC)c(C(C)=O)c1C#N. The van der Waals surface area contributed by atoms with Crippen molar-refractivity contribution in [1.82, 2.24) is 0 Å². The fourth-order valence-corrected chi connectivity index (χ4v) is 1.71. The highest BCUT2D eigenvalue weighted by atomic mass is 16.5. The Morgan fingerprint density at radius 3 is 2.56 bits per heavy atom. The van der Waals surface area contributed by atoms with Gasteiger partial charge in [0.2, 0.25) is 0 Å². The Morgan fingerprint density at radius 1 is 1.44 bits per heavy atom. The van der Waals surface area contributed by atoms with Crippen LogP contribution >= 0.6 is 0 Å². The van der Waals surface area contributed by atoms with E-state index in [1.165, 1.54) is 6.92 Å². The molecule has 0 N–H and O–H groups in total. The number of Topliss-reactive ketones (excluding diaryl/α,β-unsaturated/α-hetero) is 1. The van der Waals surface area contributed by atoms with Crippen molar-refractivity contribution < 1.29 is 9.53 Å². The number of aryl methyl sites for hydroxylation is 1. The standard InChI is InChI=1S/C13H15NO2/c1-4-10-6-7-12(16-5-2)11(8-14)13(10)9(3)15/h6-7H,4-5H2,1-3H3. The molecule has 84 valence electrons. The second-order valence-electron chi connectivity index (χ2n) is 3.43. The van der Waals surface area contributed by atoms with Crippen LogP contribution in [0.2, 0.25) is 0 Å². The summed E-state index contributed by atoms with van der Waals surface area (Å²) in [6.45, 7) is 5.77. The molecule has 0 spiro atoms. The first-order valence-electron chi connectivity index (χ1n) is 5.35. The van der Waals surface area contributed by atoms with Gasteiger partial charge in [-0.1, -0.05) is 13.0 Å². The van der Waals surface area contributed by atoms with Gasteiger partial charge in [0, 0.05) is 5.56 Å². The Labute approximate surface area is 95.7 Å². The molecule has 0 unspecified atom stereocenters. The first kappa shape index (κ1) is 12.3. The quantitative estimate of drug-likeness (QED) is 0.728. The van der Waals surface area contributed by atoms with Crippen molar-refractivity contribution in [2.75, 3.05) is 6.61 Å². The van der Waals surface area contributed by atoms with E-state index in [1.54, 1.807) is 6.07 Å². The number of carbonyl (C=O) groups is 1. The number of hydrogen-bond donors (Lipinski definition) is 0. The normalized spacial score (nSPS) is 9.62. The predicted octanol–water partition coefficient (Wildman–Crippen LogP) is 2.72. The molecule has 16 heavy (non-hydrogen) atoms. The van der Waals surface area contributed by atoms with E-state index >= 15 is 0 Å². The third-order valence-electron chi connectivity index (χ3n) is 2.40. The number of rotatable bonds is 4. The van der Waals surface area contributed by atoms with Crippen LogP contribution < -0.4 is 4.74 Å². The molecule has 0 aliphatic heterocycles. The van der Waals surface area contributed by atoms with Gasteiger partial charge in [-0.25, -0.2) is 0 Å². The van der Waals surface area contributed by atoms with Crippen LogP contribution in [0, 0.1) is 11.3 Å². The molecule has 0 fully saturated rings. The van der Waals surface area contributed by atoms with Crippen molar-refractivity contribution in [2.24, 2.45) is 0 Å². The molecule has 0 atom stereocenters. The van der Waals surface area contributed by atoms with Crippen LogP contribution in [0.3, 0.4) is 0 Å². The molecule has 3 nitrogen and oxygen atoms in total. The number of hydrogen-bond acceptors (Lipinski definition) is 3. The van der Waals surface area contributed by atoms with Crippen LogP contribution in [0.5, 0.6) is 5.75 Å². The summed E-state index contributed by atoms with van der Waals surface area (Å²) >= 11 is 0. The molecule has 0 aromatic heterocycles. The van der Waals surface area contributed by atoms with Crippen LogP contribution in [0.1, 0.15) is 42.3 Å². The topological polar surface area (TPSA) is 50.1 Å². The number of nitrogens with zero attached hydrogens (tertiary/aromatic N) is 1. The fourth-order valence-electron chi connectivity index (χ4n) is 1.71. The summed E-state index contributed by atoms with van der Waals surface area (Å²) < 4.78 is 5.34. The third-order valence-corrected chi connectivity index (χ3v) is 2.40. The summed E-state index contributed by atoms with van der Waals surface area (Å²) in [6.07, 6.45) is 0.732. The molecule has 1 aromatic carbocycles. The summed E-state index contributed by atoms with van der Waals surface area (Å²) in [5, 5.41) is 9.11. The average Bonchev–Trinajstić information content (AvgIpc) is 2.28. The largest absolute Gasteiger partial charge is 0.492 e. The smallest absolute Gasteiger partial charge is 0.161 e. The highest BCUT2D eigenvalue weighted by Crippen LogP contribution is 2.26. The first-order valence-corrected chi connectivity index (χ1v) is 5.35. The fraction of sp³-hybridized carbons (Fsp3) is 0.385. The Balaban J connectivity index is 3.45. The second kappa shape index (κ2) is 5.32. The van der Waals surface area contributed by atoms with Gasteiger partial charge in [0.1, 0.15) is 17.4 Å². The zero-order valence-corrected chi connectivity index (χ0v) is 9.83. The molecule has 0 amide bonds. The Bertz CT molecular complexity index is 444. The highest BCUT2D eigenvalue weighted by Gasteiger charge is 2.16. The van der Waals surface area contributed by atoms with Gasteiger partial charge in [-0.2, -0.15) is 5.26 Å². The lowest BCUT2D eigenvalue weighted by molar-refractivity contribution is 0.101. The zero-order valence-electron chi connectivity index (χ0n) is 9.83. The lowest BCUT2D eigenvalue weighted by Gasteiger charge is -2.11. The van der Waals surface area contributed by atoms with Crippen LogP contribution in [0.15, 0.2) is 12.1 Å². The van der Waals surface area contributed by atoms with Gasteiger partial charge in [-0.15, -0.1) is 0 Å². The maximum absolute atomic E-state index is 11.6. The summed E-state index contributed by atoms with van der Waals surface area (Å²) in [4.78, 5) is 11.6. The number of nitriles is 1. The van der Waals surface area contributed by atoms with E-state index in [2.05, 4.69) is 6.07 Å². The monoisotopic (exact) mass is 217 g/mol. The first-order chi connectivity index (χ1) is 7.65. The van der Waals surface area contributed by atoms with Crippen molar-refractivity contribution in [3.05, 3.63) is 28.8 Å². The van der Waals surface area contributed by atoms with E-state index in [0.717, 1.165) is 12.0 Å². The second-order valence-corrected chi connectivity index (χ2v) is 3.43. The number of carbonyl (C=O) groups excluding carboxylic acids is 1. The van der Waals surface area contributed by atoms with Crippen LogP contribution in [0.25, 0.3) is 0 Å². The Morgan fingerprint density at radius 2 is 2.12 bits per heavy atom. The van der Waals surface area contributed by atoms with E-state index < -0.39 is 0 Å². The lowest BCUT2D eigenvalue weighted by atomic mass is 9.96. The van der Waals surface area contributed by atoms with Crippen LogP contribution in [-0.2, 0) is 6.42 Å². The molecule has 0 radical (unpaired) electrons. The van der Waals surface area contributed by atoms with E-state index in [4.69, 9.17) is 10.00 Å². The maximum Gasteiger partial charge on any atom is 0.161 e. The summed E-state index contributed by atoms with van der Waals surface area (Å²) in [6, 6.07) is 5.67. The van der Waals surface area contributed by atoms with E-state index in [-0.39, 0.29) is 5.78 Å². The van der Waals surface area contributed by atoms with Gasteiger partial charge >= 0.3 is 0 Å². The molecule has 0 aliphatic rings. The van der Waals surface area contributed by atoms with Gasteiger partial charge in [0.05, 0.1) is 6.61 Å². The number of ether oxygens (including phenoxy) is 1. The Kier molecular flexibility index (Phi) is 4.07. The molecule has 0 aliphatic carbocycles. The van der Waals surface area contributed by atoms with E-state index in [9.17, 15) is 4.79 Å². The minimum atomic E-state index is -0.0880. The zero-order chi connectivity index (χ0) is 12.1. The number of benzene rings is 1. The Hall–Kier alpha value is -1.82. The highest BCUT2D eigenvalue weighted by molar-refractivity contribution is 5.98. The minimum absolute atomic E-state index is 0.0880. The molecule has 0 bridgehead atoms. The van der Waals surface area contributed by atoms with E-state index in [0.29, 0.717) is 23.5 Å². The van der Waals surface area contributed by atoms with Gasteiger partial charge in [0.15, 0.2) is 5.78 Å². The molecule has 0 heterocycles. The molecule has 1 aromatic rings. The van der Waals surface area contributed by atoms with Crippen molar-refractivity contribution in [2.45, 2.75) is 27.2 Å². The van der Waals surface area contributed by atoms with Gasteiger partial charge in [0.25, 0.3) is 0 Å². The molecule has 0 saturated carbocycles. The van der Waals surface area contributed by atoms with Gasteiger partial charge in [-0.05, 0) is 31.9 Å². The molecular weight excluding hydrogens is 202 g/mol. The van der Waals surface area contributed by atoms with Crippen LogP contribution in [0.4, 0.5) is 0 Å². The predicted molar refractivity (Wildman–Crippen MR) is 61.7 cm³/mol. The van der Waals surface area contributed by atoms with Gasteiger partial charge < -0.3 is 4.74 Å². The minimum Gasteiger partial charge on any atom is -0.492 e. The maximum atomic E-state index is 11.6. The summed E-state index contributed by atoms with van der Waals surface area (Å²) in [5.41, 5.74) is 1.75. The van der Waals surface area contributed by atoms with Crippen molar-refractivity contribution in [3.8, 4) is 11.8 Å². The van der Waals surface area contributed by atoms with Crippen molar-refractivity contribution in [3.63, 3.8) is 0 Å². The summed E-state index contributed by atoms with van der Waals surface area (Å²) in [5.74, 6) is 0.405. The van der Waals surface area contributed by atoms with Crippen LogP contribution in [-0.4, -0.2) is 12.4 Å². The van der Waals surface area contributed by atoms with E-state index in [1.807, 2.05) is 19.9 Å². The van der Waals surface area contributed by atoms with Crippen molar-refractivity contribution >= 4 is 5.78 Å². The summed E-state index contributed by atoms with van der Waals surface area (Å²) in [7, 11) is 0. The molecule has 1 rings (SSSR count). The lowest BCUT2D eigenvalue weighted by Crippen LogP contribution is -2.05. The third kappa shape index (κ3) is 2.22. The molecule has 3 heteroatoms. The van der Waals surface area contributed by atoms with Gasteiger partial charge in [-0.3, -0.25) is 4.79 Å². The average molecular weight is 217 g/mol. The number of ketones is 1. The molecule has 0 saturated heterocycles. The molecular formula is C13H15NO2. The van der Waals surface area contributed by atoms with Crippen molar-refractivity contribution in [1.29, 1.82) is 5.26 Å².